The Bertz CT molecular complexity index is 1310. The van der Waals surface area contributed by atoms with Gasteiger partial charge >= 0.3 is 5.97 Å². The van der Waals surface area contributed by atoms with Crippen molar-refractivity contribution in [3.63, 3.8) is 0 Å². The van der Waals surface area contributed by atoms with Crippen LogP contribution in [0.2, 0.25) is 0 Å². The molecule has 0 spiro atoms. The van der Waals surface area contributed by atoms with Crippen molar-refractivity contribution >= 4 is 11.9 Å². The molecule has 6 nitrogen and oxygen atoms in total. The smallest absolute Gasteiger partial charge is 0.305 e. The first-order chi connectivity index (χ1) is 40.0. The molecule has 1 amide bonds. The highest BCUT2D eigenvalue weighted by molar-refractivity contribution is 5.76. The minimum atomic E-state index is -0.840. The standard InChI is InChI=1S/C75H143NO5/c1-3-5-7-9-11-13-15-16-17-18-36-40-43-46-49-53-57-61-65-69-75(80)81-70-66-62-58-54-50-47-44-41-38-35-33-31-29-27-25-23-21-19-20-22-24-26-28-30-32-34-37-39-42-45-48-52-56-60-64-68-74(79)76-72(71-77)73(78)67-63-59-55-51-14-12-10-8-6-4-2/h16-17,21,23,63,67,72-73,77-78H,3-15,18-20,22,24-62,64-66,68-71H2,1-2H3,(H,76,79)/b17-16-,23-21-,67-63+. The van der Waals surface area contributed by atoms with Gasteiger partial charge in [0.05, 0.1) is 25.4 Å². The van der Waals surface area contributed by atoms with Crippen molar-refractivity contribution in [2.45, 2.75) is 418 Å². The van der Waals surface area contributed by atoms with E-state index in [2.05, 4.69) is 43.5 Å². The van der Waals surface area contributed by atoms with Gasteiger partial charge in [0.25, 0.3) is 0 Å². The van der Waals surface area contributed by atoms with Crippen LogP contribution in [0.1, 0.15) is 406 Å². The Balaban J connectivity index is 3.31. The van der Waals surface area contributed by atoms with Crippen molar-refractivity contribution in [1.29, 1.82) is 0 Å². The lowest BCUT2D eigenvalue weighted by molar-refractivity contribution is -0.143. The largest absolute Gasteiger partial charge is 0.466 e. The number of ether oxygens (including phenoxy) is 1. The summed E-state index contributed by atoms with van der Waals surface area (Å²) in [7, 11) is 0. The van der Waals surface area contributed by atoms with Gasteiger partial charge in [-0.2, -0.15) is 0 Å². The van der Waals surface area contributed by atoms with E-state index in [1.807, 2.05) is 6.08 Å². The third-order valence-electron chi connectivity index (χ3n) is 17.1. The first-order valence-electron chi connectivity index (χ1n) is 36.8. The van der Waals surface area contributed by atoms with Gasteiger partial charge in [-0.25, -0.2) is 0 Å². The Morgan fingerprint density at radius 3 is 0.877 bits per heavy atom. The number of hydrogen-bond acceptors (Lipinski definition) is 5. The quantitative estimate of drug-likeness (QED) is 0.0320. The van der Waals surface area contributed by atoms with Gasteiger partial charge in [-0.1, -0.05) is 346 Å². The minimum absolute atomic E-state index is 0.0200. The van der Waals surface area contributed by atoms with Crippen LogP contribution in [0.4, 0.5) is 0 Å². The predicted octanol–water partition coefficient (Wildman–Crippen LogP) is 23.9. The molecule has 0 saturated carbocycles. The number of carbonyl (C=O) groups excluding carboxylic acids is 2. The number of unbranched alkanes of at least 4 members (excludes halogenated alkanes) is 54. The molecular weight excluding hydrogens is 995 g/mol. The average Bonchev–Trinajstić information content (AvgIpc) is 3.47. The SMILES string of the molecule is CCCCCCCC/C=C\CCCCCCCCCCCC(=O)OCCCCCCCCCCCCCCCC/C=C\CCCCCCCCCCCCCCCCCCCC(=O)NC(CO)C(O)/C=C/CCCCCCCCCC. The van der Waals surface area contributed by atoms with E-state index in [4.69, 9.17) is 4.74 Å². The van der Waals surface area contributed by atoms with E-state index in [-0.39, 0.29) is 18.5 Å². The summed E-state index contributed by atoms with van der Waals surface area (Å²) in [6, 6.07) is -0.623. The lowest BCUT2D eigenvalue weighted by atomic mass is 10.0. The number of nitrogens with one attached hydrogen (secondary N) is 1. The molecule has 0 saturated heterocycles. The van der Waals surface area contributed by atoms with Crippen LogP contribution in [0, 0.1) is 0 Å². The van der Waals surface area contributed by atoms with Crippen LogP contribution in [0.5, 0.6) is 0 Å². The second kappa shape index (κ2) is 70.6. The molecule has 81 heavy (non-hydrogen) atoms. The summed E-state index contributed by atoms with van der Waals surface area (Å²) in [5.41, 5.74) is 0. The number of allylic oxidation sites excluding steroid dienone is 5. The van der Waals surface area contributed by atoms with Gasteiger partial charge in [0, 0.05) is 12.8 Å². The molecular formula is C75H143NO5. The number of aliphatic hydroxyl groups excluding tert-OH is 2. The van der Waals surface area contributed by atoms with E-state index in [0.717, 1.165) is 38.5 Å². The summed E-state index contributed by atoms with van der Waals surface area (Å²) in [5.74, 6) is -0.0449. The van der Waals surface area contributed by atoms with E-state index in [0.29, 0.717) is 19.4 Å². The number of rotatable bonds is 69. The van der Waals surface area contributed by atoms with Crippen molar-refractivity contribution < 1.29 is 24.5 Å². The van der Waals surface area contributed by atoms with Crippen LogP contribution in [0.25, 0.3) is 0 Å². The van der Waals surface area contributed by atoms with Crippen molar-refractivity contribution in [2.75, 3.05) is 13.2 Å². The third kappa shape index (κ3) is 67.1. The molecule has 0 aromatic heterocycles. The van der Waals surface area contributed by atoms with E-state index in [1.165, 1.54) is 340 Å². The molecule has 0 bridgehead atoms. The first kappa shape index (κ1) is 79.1. The van der Waals surface area contributed by atoms with Crippen LogP contribution in [-0.2, 0) is 14.3 Å². The van der Waals surface area contributed by atoms with Crippen molar-refractivity contribution in [3.05, 3.63) is 36.5 Å². The highest BCUT2D eigenvalue weighted by Crippen LogP contribution is 2.19. The summed E-state index contributed by atoms with van der Waals surface area (Å²) >= 11 is 0. The summed E-state index contributed by atoms with van der Waals surface area (Å²) in [5, 5.41) is 23.0. The molecule has 2 unspecified atom stereocenters. The van der Waals surface area contributed by atoms with Gasteiger partial charge in [0.2, 0.25) is 5.91 Å². The van der Waals surface area contributed by atoms with Crippen LogP contribution in [-0.4, -0.2) is 47.4 Å². The fourth-order valence-electron chi connectivity index (χ4n) is 11.5. The third-order valence-corrected chi connectivity index (χ3v) is 17.1. The lowest BCUT2D eigenvalue weighted by Crippen LogP contribution is -2.45. The molecule has 0 rings (SSSR count). The molecule has 478 valence electrons. The van der Waals surface area contributed by atoms with Crippen LogP contribution < -0.4 is 5.32 Å². The number of carbonyl (C=O) groups is 2. The predicted molar refractivity (Wildman–Crippen MR) is 356 cm³/mol. The van der Waals surface area contributed by atoms with Gasteiger partial charge in [-0.3, -0.25) is 9.59 Å². The Morgan fingerprint density at radius 2 is 0.580 bits per heavy atom. The maximum absolute atomic E-state index is 12.4. The van der Waals surface area contributed by atoms with E-state index < -0.39 is 12.1 Å². The highest BCUT2D eigenvalue weighted by atomic mass is 16.5. The van der Waals surface area contributed by atoms with Crippen LogP contribution >= 0.6 is 0 Å². The van der Waals surface area contributed by atoms with E-state index in [1.54, 1.807) is 6.08 Å². The zero-order chi connectivity index (χ0) is 58.5. The Labute approximate surface area is 506 Å². The van der Waals surface area contributed by atoms with Crippen molar-refractivity contribution in [1.82, 2.24) is 5.32 Å². The monoisotopic (exact) mass is 1140 g/mol. The Morgan fingerprint density at radius 1 is 0.333 bits per heavy atom. The molecule has 0 aliphatic carbocycles. The summed E-state index contributed by atoms with van der Waals surface area (Å²) in [6.07, 6.45) is 91.2. The highest BCUT2D eigenvalue weighted by Gasteiger charge is 2.18. The van der Waals surface area contributed by atoms with Gasteiger partial charge in [0.15, 0.2) is 0 Å². The molecule has 0 aliphatic heterocycles. The second-order valence-corrected chi connectivity index (χ2v) is 25.3. The van der Waals surface area contributed by atoms with E-state index >= 15 is 0 Å². The fourth-order valence-corrected chi connectivity index (χ4v) is 11.5. The lowest BCUT2D eigenvalue weighted by Gasteiger charge is -2.20. The zero-order valence-corrected chi connectivity index (χ0v) is 54.8. The maximum Gasteiger partial charge on any atom is 0.305 e. The Kier molecular flexibility index (Phi) is 68.9. The average molecular weight is 1140 g/mol. The molecule has 0 aromatic rings. The number of aliphatic hydroxyl groups is 2. The molecule has 2 atom stereocenters. The molecule has 0 radical (unpaired) electrons. The summed E-state index contributed by atoms with van der Waals surface area (Å²) < 4.78 is 5.51. The molecule has 0 heterocycles. The van der Waals surface area contributed by atoms with Gasteiger partial charge < -0.3 is 20.3 Å². The van der Waals surface area contributed by atoms with Crippen molar-refractivity contribution in [2.24, 2.45) is 0 Å². The molecule has 6 heteroatoms. The first-order valence-corrected chi connectivity index (χ1v) is 36.8. The molecule has 3 N–H and O–H groups in total. The second-order valence-electron chi connectivity index (χ2n) is 25.3. The normalized spacial score (nSPS) is 12.7. The molecule has 0 aliphatic rings. The molecule has 0 aromatic carbocycles. The Hall–Kier alpha value is -1.92. The number of hydrogen-bond donors (Lipinski definition) is 3. The maximum atomic E-state index is 12.4. The topological polar surface area (TPSA) is 95.9 Å². The van der Waals surface area contributed by atoms with Crippen molar-refractivity contribution in [3.8, 4) is 0 Å². The van der Waals surface area contributed by atoms with Crippen LogP contribution in [0.3, 0.4) is 0 Å². The van der Waals surface area contributed by atoms with Gasteiger partial charge in [-0.05, 0) is 83.5 Å². The summed E-state index contributed by atoms with van der Waals surface area (Å²) in [6.45, 7) is 4.91. The summed E-state index contributed by atoms with van der Waals surface area (Å²) in [4.78, 5) is 24.5. The number of esters is 1. The minimum Gasteiger partial charge on any atom is -0.466 e. The number of amides is 1. The van der Waals surface area contributed by atoms with Crippen LogP contribution in [0.15, 0.2) is 36.5 Å². The zero-order valence-electron chi connectivity index (χ0n) is 54.8. The van der Waals surface area contributed by atoms with Gasteiger partial charge in [0.1, 0.15) is 0 Å². The van der Waals surface area contributed by atoms with E-state index in [9.17, 15) is 19.8 Å². The molecule has 0 fully saturated rings. The van der Waals surface area contributed by atoms with Gasteiger partial charge in [-0.15, -0.1) is 0 Å². The fraction of sp³-hybridized carbons (Fsp3) is 0.893.